The van der Waals surface area contributed by atoms with Gasteiger partial charge in [0.2, 0.25) is 0 Å². The monoisotopic (exact) mass is 286 g/mol. The maximum atomic E-state index is 13.7. The van der Waals surface area contributed by atoms with Gasteiger partial charge in [-0.3, -0.25) is 4.79 Å². The standard InChI is InChI=1S/C17H19FN2O/c18-16-8-7-15(13-5-1-2-6-14(13)16)17(21)19-9-12-20-10-3-4-11-20/h1-2,5-8H,3-4,9-12H2,(H,19,21). The molecule has 0 atom stereocenters. The second-order valence-corrected chi connectivity index (χ2v) is 5.45. The third-order valence-electron chi connectivity index (χ3n) is 4.03. The van der Waals surface area contributed by atoms with Crippen LogP contribution in [-0.4, -0.2) is 37.0 Å². The fourth-order valence-corrected chi connectivity index (χ4v) is 2.89. The first-order chi connectivity index (χ1) is 10.3. The molecule has 1 aliphatic rings. The highest BCUT2D eigenvalue weighted by Gasteiger charge is 2.14. The van der Waals surface area contributed by atoms with E-state index in [9.17, 15) is 9.18 Å². The zero-order valence-electron chi connectivity index (χ0n) is 11.9. The lowest BCUT2D eigenvalue weighted by atomic mass is 10.0. The molecule has 21 heavy (non-hydrogen) atoms. The highest BCUT2D eigenvalue weighted by molar-refractivity contribution is 6.07. The van der Waals surface area contributed by atoms with E-state index < -0.39 is 0 Å². The summed E-state index contributed by atoms with van der Waals surface area (Å²) in [5, 5.41) is 4.09. The van der Waals surface area contributed by atoms with Gasteiger partial charge in [0.25, 0.3) is 5.91 Å². The van der Waals surface area contributed by atoms with Crippen LogP contribution in [0.3, 0.4) is 0 Å². The third kappa shape index (κ3) is 3.05. The predicted molar refractivity (Wildman–Crippen MR) is 81.9 cm³/mol. The lowest BCUT2D eigenvalue weighted by molar-refractivity contribution is 0.0951. The number of hydrogen-bond donors (Lipinski definition) is 1. The molecule has 1 N–H and O–H groups in total. The van der Waals surface area contributed by atoms with E-state index in [-0.39, 0.29) is 11.7 Å². The number of fused-ring (bicyclic) bond motifs is 1. The number of nitrogens with zero attached hydrogens (tertiary/aromatic N) is 1. The Labute approximate surface area is 123 Å². The van der Waals surface area contributed by atoms with Crippen LogP contribution in [0.2, 0.25) is 0 Å². The van der Waals surface area contributed by atoms with Gasteiger partial charge in [0.15, 0.2) is 0 Å². The Balaban J connectivity index is 1.71. The summed E-state index contributed by atoms with van der Waals surface area (Å²) < 4.78 is 13.7. The molecule has 0 aromatic heterocycles. The van der Waals surface area contributed by atoms with Crippen molar-refractivity contribution in [3.05, 3.63) is 47.8 Å². The van der Waals surface area contributed by atoms with E-state index in [0.717, 1.165) is 19.6 Å². The van der Waals surface area contributed by atoms with Crippen molar-refractivity contribution < 1.29 is 9.18 Å². The van der Waals surface area contributed by atoms with Crippen molar-refractivity contribution in [3.8, 4) is 0 Å². The molecule has 1 amide bonds. The number of carbonyl (C=O) groups is 1. The largest absolute Gasteiger partial charge is 0.351 e. The van der Waals surface area contributed by atoms with E-state index in [2.05, 4.69) is 10.2 Å². The minimum atomic E-state index is -0.292. The zero-order valence-corrected chi connectivity index (χ0v) is 11.9. The quantitative estimate of drug-likeness (QED) is 0.937. The highest BCUT2D eigenvalue weighted by atomic mass is 19.1. The predicted octanol–water partition coefficient (Wildman–Crippen LogP) is 2.80. The molecule has 2 aromatic rings. The Morgan fingerprint density at radius 1 is 1.10 bits per heavy atom. The van der Waals surface area contributed by atoms with E-state index in [0.29, 0.717) is 22.9 Å². The number of benzene rings is 2. The maximum absolute atomic E-state index is 13.7. The zero-order chi connectivity index (χ0) is 14.7. The van der Waals surface area contributed by atoms with Crippen LogP contribution >= 0.6 is 0 Å². The molecule has 0 unspecified atom stereocenters. The van der Waals surface area contributed by atoms with Gasteiger partial charge in [-0.2, -0.15) is 0 Å². The summed E-state index contributed by atoms with van der Waals surface area (Å²) in [5.41, 5.74) is 0.536. The van der Waals surface area contributed by atoms with Gasteiger partial charge in [0.1, 0.15) is 5.82 Å². The molecule has 0 spiro atoms. The van der Waals surface area contributed by atoms with Crippen molar-refractivity contribution >= 4 is 16.7 Å². The second kappa shape index (κ2) is 6.22. The second-order valence-electron chi connectivity index (χ2n) is 5.45. The first kappa shape index (κ1) is 14.0. The molecule has 3 rings (SSSR count). The van der Waals surface area contributed by atoms with Crippen LogP contribution in [0, 0.1) is 5.82 Å². The maximum Gasteiger partial charge on any atom is 0.251 e. The summed E-state index contributed by atoms with van der Waals surface area (Å²) in [5.74, 6) is -0.426. The van der Waals surface area contributed by atoms with Gasteiger partial charge in [0, 0.05) is 24.0 Å². The molecule has 110 valence electrons. The van der Waals surface area contributed by atoms with Gasteiger partial charge >= 0.3 is 0 Å². The van der Waals surface area contributed by atoms with Crippen LogP contribution in [0.1, 0.15) is 23.2 Å². The van der Waals surface area contributed by atoms with Crippen molar-refractivity contribution in [2.75, 3.05) is 26.2 Å². The van der Waals surface area contributed by atoms with E-state index >= 15 is 0 Å². The van der Waals surface area contributed by atoms with Gasteiger partial charge < -0.3 is 10.2 Å². The van der Waals surface area contributed by atoms with Gasteiger partial charge in [-0.05, 0) is 43.5 Å². The summed E-state index contributed by atoms with van der Waals surface area (Å²) >= 11 is 0. The number of amides is 1. The Hall–Kier alpha value is -1.94. The van der Waals surface area contributed by atoms with Gasteiger partial charge in [-0.15, -0.1) is 0 Å². The molecule has 1 fully saturated rings. The van der Waals surface area contributed by atoms with E-state index in [1.807, 2.05) is 6.07 Å². The van der Waals surface area contributed by atoms with E-state index in [1.54, 1.807) is 24.3 Å². The molecule has 0 saturated carbocycles. The summed E-state index contributed by atoms with van der Waals surface area (Å²) in [4.78, 5) is 14.6. The number of hydrogen-bond acceptors (Lipinski definition) is 2. The summed E-state index contributed by atoms with van der Waals surface area (Å²) in [7, 11) is 0. The average Bonchev–Trinajstić information content (AvgIpc) is 3.01. The Bertz CT molecular complexity index is 650. The molecule has 0 bridgehead atoms. The van der Waals surface area contributed by atoms with Gasteiger partial charge in [0.05, 0.1) is 0 Å². The van der Waals surface area contributed by atoms with Crippen molar-refractivity contribution in [1.82, 2.24) is 10.2 Å². The van der Waals surface area contributed by atoms with Crippen molar-refractivity contribution in [2.24, 2.45) is 0 Å². The minimum absolute atomic E-state index is 0.134. The van der Waals surface area contributed by atoms with Gasteiger partial charge in [-0.25, -0.2) is 4.39 Å². The van der Waals surface area contributed by atoms with Crippen LogP contribution in [-0.2, 0) is 0 Å². The van der Waals surface area contributed by atoms with E-state index in [4.69, 9.17) is 0 Å². The van der Waals surface area contributed by atoms with Crippen LogP contribution in [0.5, 0.6) is 0 Å². The van der Waals surface area contributed by atoms with E-state index in [1.165, 1.54) is 18.9 Å². The SMILES string of the molecule is O=C(NCCN1CCCC1)c1ccc(F)c2ccccc12. The molecule has 0 radical (unpaired) electrons. The fraction of sp³-hybridized carbons (Fsp3) is 0.353. The Morgan fingerprint density at radius 3 is 2.57 bits per heavy atom. The fourth-order valence-electron chi connectivity index (χ4n) is 2.89. The number of likely N-dealkylation sites (tertiary alicyclic amines) is 1. The number of rotatable bonds is 4. The summed E-state index contributed by atoms with van der Waals surface area (Å²) in [6, 6.07) is 10.0. The molecule has 4 heteroatoms. The third-order valence-corrected chi connectivity index (χ3v) is 4.03. The van der Waals surface area contributed by atoms with Gasteiger partial charge in [-0.1, -0.05) is 24.3 Å². The lowest BCUT2D eigenvalue weighted by Gasteiger charge is -2.15. The molecular weight excluding hydrogens is 267 g/mol. The van der Waals surface area contributed by atoms with Crippen LogP contribution in [0.15, 0.2) is 36.4 Å². The van der Waals surface area contributed by atoms with Crippen LogP contribution in [0.25, 0.3) is 10.8 Å². The van der Waals surface area contributed by atoms with Crippen LogP contribution < -0.4 is 5.32 Å². The molecule has 3 nitrogen and oxygen atoms in total. The summed E-state index contributed by atoms with van der Waals surface area (Å²) in [6.45, 7) is 3.75. The van der Waals surface area contributed by atoms with Crippen LogP contribution in [0.4, 0.5) is 4.39 Å². The molecule has 1 aliphatic heterocycles. The molecule has 2 aromatic carbocycles. The normalized spacial score (nSPS) is 15.5. The topological polar surface area (TPSA) is 32.3 Å². The highest BCUT2D eigenvalue weighted by Crippen LogP contribution is 2.21. The first-order valence-electron chi connectivity index (χ1n) is 7.43. The molecular formula is C17H19FN2O. The average molecular weight is 286 g/mol. The van der Waals surface area contributed by atoms with Crippen molar-refractivity contribution in [1.29, 1.82) is 0 Å². The molecule has 0 aliphatic carbocycles. The lowest BCUT2D eigenvalue weighted by Crippen LogP contribution is -2.33. The smallest absolute Gasteiger partial charge is 0.251 e. The van der Waals surface area contributed by atoms with Crippen molar-refractivity contribution in [2.45, 2.75) is 12.8 Å². The summed E-state index contributed by atoms with van der Waals surface area (Å²) in [6.07, 6.45) is 2.49. The number of nitrogens with one attached hydrogen (secondary N) is 1. The van der Waals surface area contributed by atoms with Crippen molar-refractivity contribution in [3.63, 3.8) is 0 Å². The Kier molecular flexibility index (Phi) is 4.15. The minimum Gasteiger partial charge on any atom is -0.351 e. The molecule has 1 heterocycles. The molecule has 1 saturated heterocycles. The number of carbonyl (C=O) groups excluding carboxylic acids is 1. The Morgan fingerprint density at radius 2 is 1.81 bits per heavy atom. The number of halogens is 1. The first-order valence-corrected chi connectivity index (χ1v) is 7.43.